The van der Waals surface area contributed by atoms with Crippen molar-refractivity contribution in [2.45, 2.75) is 28.4 Å². The first kappa shape index (κ1) is 16.7. The molecule has 0 aliphatic carbocycles. The van der Waals surface area contributed by atoms with Gasteiger partial charge in [0, 0.05) is 10.7 Å². The standard InChI is InChI=1S/C11H13ClO6S3/c1-8-2-3-9(6-11(8)21(12,17)18)20(15,16)10-4-5-19(13,14)7-10/h2-3,6,10H,4-5,7H2,1H3/t10-/m1/s1. The molecule has 1 fully saturated rings. The Balaban J connectivity index is 2.52. The molecule has 21 heavy (non-hydrogen) atoms. The monoisotopic (exact) mass is 372 g/mol. The summed E-state index contributed by atoms with van der Waals surface area (Å²) in [5.41, 5.74) is 0.322. The molecule has 0 aromatic heterocycles. The van der Waals surface area contributed by atoms with Gasteiger partial charge in [-0.1, -0.05) is 6.07 Å². The Morgan fingerprint density at radius 3 is 2.29 bits per heavy atom. The minimum Gasteiger partial charge on any atom is -0.229 e. The topological polar surface area (TPSA) is 102 Å². The van der Waals surface area contributed by atoms with Crippen molar-refractivity contribution in [1.29, 1.82) is 0 Å². The van der Waals surface area contributed by atoms with Gasteiger partial charge in [0.2, 0.25) is 0 Å². The number of rotatable bonds is 3. The van der Waals surface area contributed by atoms with Crippen molar-refractivity contribution < 1.29 is 25.3 Å². The van der Waals surface area contributed by atoms with Crippen LogP contribution in [0, 0.1) is 6.92 Å². The van der Waals surface area contributed by atoms with Crippen molar-refractivity contribution in [2.75, 3.05) is 11.5 Å². The molecule has 1 atom stereocenters. The van der Waals surface area contributed by atoms with E-state index in [1.165, 1.54) is 19.1 Å². The lowest BCUT2D eigenvalue weighted by Crippen LogP contribution is -2.23. The zero-order valence-corrected chi connectivity index (χ0v) is 14.2. The lowest BCUT2D eigenvalue weighted by Gasteiger charge is -2.11. The molecule has 0 spiro atoms. The van der Waals surface area contributed by atoms with Gasteiger partial charge in [-0.3, -0.25) is 0 Å². The maximum absolute atomic E-state index is 12.4. The highest BCUT2D eigenvalue weighted by molar-refractivity contribution is 8.13. The smallest absolute Gasteiger partial charge is 0.229 e. The highest BCUT2D eigenvalue weighted by atomic mass is 35.7. The van der Waals surface area contributed by atoms with Crippen LogP contribution < -0.4 is 0 Å². The van der Waals surface area contributed by atoms with Crippen molar-refractivity contribution in [3.8, 4) is 0 Å². The van der Waals surface area contributed by atoms with Gasteiger partial charge in [-0.15, -0.1) is 0 Å². The summed E-state index contributed by atoms with van der Waals surface area (Å²) in [6.45, 7) is 1.49. The van der Waals surface area contributed by atoms with Gasteiger partial charge in [-0.2, -0.15) is 0 Å². The van der Waals surface area contributed by atoms with Gasteiger partial charge in [-0.25, -0.2) is 25.3 Å². The van der Waals surface area contributed by atoms with Crippen molar-refractivity contribution in [2.24, 2.45) is 0 Å². The fourth-order valence-corrected chi connectivity index (χ4v) is 7.90. The Kier molecular flexibility index (Phi) is 4.16. The van der Waals surface area contributed by atoms with Gasteiger partial charge >= 0.3 is 0 Å². The summed E-state index contributed by atoms with van der Waals surface area (Å²) in [5, 5.41) is -1.05. The van der Waals surface area contributed by atoms with Crippen molar-refractivity contribution in [1.82, 2.24) is 0 Å². The second-order valence-electron chi connectivity index (χ2n) is 4.94. The molecule has 1 aliphatic rings. The van der Waals surface area contributed by atoms with E-state index in [9.17, 15) is 25.3 Å². The van der Waals surface area contributed by atoms with Crippen LogP contribution in [-0.2, 0) is 28.7 Å². The molecular formula is C11H13ClO6S3. The Morgan fingerprint density at radius 2 is 1.81 bits per heavy atom. The van der Waals surface area contributed by atoms with Crippen LogP contribution in [0.1, 0.15) is 12.0 Å². The molecule has 118 valence electrons. The first-order valence-electron chi connectivity index (χ1n) is 5.93. The molecule has 6 nitrogen and oxygen atoms in total. The predicted molar refractivity (Wildman–Crippen MR) is 78.5 cm³/mol. The van der Waals surface area contributed by atoms with Crippen LogP contribution in [0.25, 0.3) is 0 Å². The highest BCUT2D eigenvalue weighted by Crippen LogP contribution is 2.29. The number of hydrogen-bond acceptors (Lipinski definition) is 6. The Labute approximate surface area is 128 Å². The molecule has 0 unspecified atom stereocenters. The van der Waals surface area contributed by atoms with Crippen LogP contribution in [0.3, 0.4) is 0 Å². The summed E-state index contributed by atoms with van der Waals surface area (Å²) >= 11 is 0. The molecular weight excluding hydrogens is 360 g/mol. The van der Waals surface area contributed by atoms with Crippen molar-refractivity contribution >= 4 is 39.4 Å². The van der Waals surface area contributed by atoms with E-state index in [2.05, 4.69) is 0 Å². The molecule has 0 bridgehead atoms. The van der Waals surface area contributed by atoms with Gasteiger partial charge < -0.3 is 0 Å². The Morgan fingerprint density at radius 1 is 1.19 bits per heavy atom. The third-order valence-electron chi connectivity index (χ3n) is 3.38. The summed E-state index contributed by atoms with van der Waals surface area (Å²) in [7, 11) is -6.07. The third-order valence-corrected chi connectivity index (χ3v) is 9.01. The molecule has 1 aromatic rings. The number of benzene rings is 1. The maximum Gasteiger partial charge on any atom is 0.261 e. The molecule has 1 aromatic carbocycles. The molecule has 0 saturated carbocycles. The molecule has 0 N–H and O–H groups in total. The van der Waals surface area contributed by atoms with E-state index in [0.29, 0.717) is 5.56 Å². The van der Waals surface area contributed by atoms with Crippen LogP contribution in [0.2, 0.25) is 0 Å². The summed E-state index contributed by atoms with van der Waals surface area (Å²) in [5.74, 6) is -0.615. The normalized spacial score (nSPS) is 22.3. The van der Waals surface area contributed by atoms with E-state index in [0.717, 1.165) is 6.07 Å². The molecule has 1 aliphatic heterocycles. The largest absolute Gasteiger partial charge is 0.261 e. The first-order valence-corrected chi connectivity index (χ1v) is 11.6. The van der Waals surface area contributed by atoms with E-state index in [1.54, 1.807) is 0 Å². The lowest BCUT2D eigenvalue weighted by molar-refractivity contribution is 0.582. The molecule has 2 rings (SSSR count). The van der Waals surface area contributed by atoms with Crippen LogP contribution in [-0.4, -0.2) is 42.0 Å². The Hall–Kier alpha value is -0.640. The average Bonchev–Trinajstić information content (AvgIpc) is 2.69. The van der Waals surface area contributed by atoms with Crippen LogP contribution in [0.4, 0.5) is 0 Å². The third kappa shape index (κ3) is 3.41. The summed E-state index contributed by atoms with van der Waals surface area (Å²) in [6, 6.07) is 3.59. The lowest BCUT2D eigenvalue weighted by atomic mass is 10.2. The van der Waals surface area contributed by atoms with E-state index in [4.69, 9.17) is 10.7 Å². The quantitative estimate of drug-likeness (QED) is 0.730. The number of halogens is 1. The molecule has 1 heterocycles. The van der Waals surface area contributed by atoms with Gasteiger partial charge in [0.15, 0.2) is 19.7 Å². The minimum atomic E-state index is -4.07. The number of aryl methyl sites for hydroxylation is 1. The average molecular weight is 373 g/mol. The van der Waals surface area contributed by atoms with Crippen LogP contribution >= 0.6 is 10.7 Å². The Bertz CT molecular complexity index is 884. The van der Waals surface area contributed by atoms with Crippen LogP contribution in [0.5, 0.6) is 0 Å². The summed E-state index contributed by atoms with van der Waals surface area (Å²) in [6.07, 6.45) is 0.0154. The summed E-state index contributed by atoms with van der Waals surface area (Å²) < 4.78 is 70.5. The van der Waals surface area contributed by atoms with Gasteiger partial charge in [-0.05, 0) is 31.0 Å². The number of hydrogen-bond donors (Lipinski definition) is 0. The van der Waals surface area contributed by atoms with Crippen molar-refractivity contribution in [3.05, 3.63) is 23.8 Å². The van der Waals surface area contributed by atoms with Gasteiger partial charge in [0.25, 0.3) is 9.05 Å². The maximum atomic E-state index is 12.4. The molecule has 10 heteroatoms. The van der Waals surface area contributed by atoms with E-state index in [-0.39, 0.29) is 22.0 Å². The fourth-order valence-electron chi connectivity index (χ4n) is 2.22. The predicted octanol–water partition coefficient (Wildman–Crippen LogP) is 0.883. The van der Waals surface area contributed by atoms with Crippen LogP contribution in [0.15, 0.2) is 28.0 Å². The fraction of sp³-hybridized carbons (Fsp3) is 0.455. The highest BCUT2D eigenvalue weighted by Gasteiger charge is 2.38. The van der Waals surface area contributed by atoms with Gasteiger partial charge in [0.1, 0.15) is 0 Å². The SMILES string of the molecule is Cc1ccc(S(=O)(=O)[C@@H]2CCS(=O)(=O)C2)cc1S(=O)(=O)Cl. The minimum absolute atomic E-state index is 0.0154. The second-order valence-corrected chi connectivity index (χ2v) is 11.9. The van der Waals surface area contributed by atoms with E-state index in [1.807, 2.05) is 0 Å². The van der Waals surface area contributed by atoms with E-state index < -0.39 is 39.7 Å². The molecule has 0 radical (unpaired) electrons. The van der Waals surface area contributed by atoms with Crippen molar-refractivity contribution in [3.63, 3.8) is 0 Å². The zero-order chi connectivity index (χ0) is 16.1. The molecule has 0 amide bonds. The van der Waals surface area contributed by atoms with Gasteiger partial charge in [0.05, 0.1) is 26.5 Å². The first-order chi connectivity index (χ1) is 9.43. The summed E-state index contributed by atoms with van der Waals surface area (Å²) in [4.78, 5) is -0.513. The van der Waals surface area contributed by atoms with E-state index >= 15 is 0 Å². The second kappa shape index (κ2) is 5.22. The zero-order valence-electron chi connectivity index (χ0n) is 11.0. The number of sulfone groups is 2. The molecule has 1 saturated heterocycles.